The molecule has 4 aromatic rings. The normalized spacial score (nSPS) is 11.0. The zero-order valence-corrected chi connectivity index (χ0v) is 18.5. The van der Waals surface area contributed by atoms with Crippen LogP contribution in [0.1, 0.15) is 13.8 Å². The molecule has 0 aliphatic rings. The average Bonchev–Trinajstić information content (AvgIpc) is 2.79. The molecule has 0 bridgehead atoms. The molecule has 0 amide bonds. The maximum Gasteiger partial charge on any atom is 0.245 e. The summed E-state index contributed by atoms with van der Waals surface area (Å²) in [4.78, 5) is 0. The predicted octanol–water partition coefficient (Wildman–Crippen LogP) is 6.63. The zero-order valence-electron chi connectivity index (χ0n) is 18.5. The van der Waals surface area contributed by atoms with Gasteiger partial charge in [0.2, 0.25) is 5.79 Å². The summed E-state index contributed by atoms with van der Waals surface area (Å²) in [5, 5.41) is 0. The van der Waals surface area contributed by atoms with E-state index in [1.807, 2.05) is 86.6 Å². The molecule has 0 unspecified atom stereocenters. The average molecular weight is 443 g/mol. The molecule has 0 saturated carbocycles. The first-order valence-corrected chi connectivity index (χ1v) is 10.5. The van der Waals surface area contributed by atoms with E-state index in [1.165, 1.54) is 0 Å². The summed E-state index contributed by atoms with van der Waals surface area (Å²) in [6.07, 6.45) is 0. The predicted molar refractivity (Wildman–Crippen MR) is 130 cm³/mol. The van der Waals surface area contributed by atoms with Crippen molar-refractivity contribution in [2.24, 2.45) is 0 Å². The molecular formula is C27H26N2O4. The van der Waals surface area contributed by atoms with E-state index in [-0.39, 0.29) is 0 Å². The van der Waals surface area contributed by atoms with Gasteiger partial charge >= 0.3 is 0 Å². The summed E-state index contributed by atoms with van der Waals surface area (Å²) >= 11 is 0. The van der Waals surface area contributed by atoms with E-state index in [4.69, 9.17) is 30.4 Å². The number of rotatable bonds is 8. The Hall–Kier alpha value is -4.32. The third-order valence-electron chi connectivity index (χ3n) is 4.61. The smallest absolute Gasteiger partial charge is 0.245 e. The number of nitrogen functional groups attached to an aromatic ring is 2. The van der Waals surface area contributed by atoms with Gasteiger partial charge in [0.05, 0.1) is 0 Å². The topological polar surface area (TPSA) is 89.0 Å². The fraction of sp³-hybridized carbons (Fsp3) is 0.111. The molecule has 4 N–H and O–H groups in total. The van der Waals surface area contributed by atoms with E-state index in [2.05, 4.69) is 0 Å². The Labute approximate surface area is 193 Å². The Morgan fingerprint density at radius 3 is 0.970 bits per heavy atom. The highest BCUT2D eigenvalue weighted by Crippen LogP contribution is 2.29. The highest BCUT2D eigenvalue weighted by atomic mass is 16.7. The second-order valence-corrected chi connectivity index (χ2v) is 7.89. The Kier molecular flexibility index (Phi) is 6.26. The van der Waals surface area contributed by atoms with Gasteiger partial charge in [0.15, 0.2) is 0 Å². The van der Waals surface area contributed by atoms with Crippen molar-refractivity contribution in [3.63, 3.8) is 0 Å². The Bertz CT molecular complexity index is 1080. The number of nitrogens with two attached hydrogens (primary N) is 2. The van der Waals surface area contributed by atoms with Gasteiger partial charge in [-0.1, -0.05) is 0 Å². The largest absolute Gasteiger partial charge is 0.457 e. The molecule has 4 rings (SSSR count). The van der Waals surface area contributed by atoms with Gasteiger partial charge in [0.1, 0.15) is 34.5 Å². The molecule has 0 saturated heterocycles. The summed E-state index contributed by atoms with van der Waals surface area (Å²) in [7, 11) is 0. The van der Waals surface area contributed by atoms with Gasteiger partial charge in [-0.15, -0.1) is 0 Å². The van der Waals surface area contributed by atoms with Crippen molar-refractivity contribution in [2.75, 3.05) is 11.5 Å². The minimum Gasteiger partial charge on any atom is -0.457 e. The molecule has 0 spiro atoms. The van der Waals surface area contributed by atoms with Gasteiger partial charge in [-0.05, 0) is 97.1 Å². The van der Waals surface area contributed by atoms with E-state index in [1.54, 1.807) is 24.3 Å². The monoisotopic (exact) mass is 442 g/mol. The van der Waals surface area contributed by atoms with Gasteiger partial charge in [-0.3, -0.25) is 0 Å². The summed E-state index contributed by atoms with van der Waals surface area (Å²) in [6.45, 7) is 3.70. The number of ether oxygens (including phenoxy) is 4. The molecule has 0 atom stereocenters. The van der Waals surface area contributed by atoms with E-state index in [9.17, 15) is 0 Å². The zero-order chi connectivity index (χ0) is 23.3. The Balaban J connectivity index is 1.33. The van der Waals surface area contributed by atoms with Crippen LogP contribution in [0.5, 0.6) is 34.5 Å². The van der Waals surface area contributed by atoms with E-state index in [0.717, 1.165) is 0 Å². The van der Waals surface area contributed by atoms with Crippen LogP contribution in [0.2, 0.25) is 0 Å². The fourth-order valence-electron chi connectivity index (χ4n) is 3.08. The maximum atomic E-state index is 6.03. The van der Waals surface area contributed by atoms with E-state index in [0.29, 0.717) is 45.9 Å². The van der Waals surface area contributed by atoms with Gasteiger partial charge in [-0.25, -0.2) is 0 Å². The van der Waals surface area contributed by atoms with Crippen LogP contribution in [0.15, 0.2) is 97.1 Å². The molecule has 0 aliphatic heterocycles. The molecule has 0 radical (unpaired) electrons. The highest BCUT2D eigenvalue weighted by molar-refractivity contribution is 5.44. The van der Waals surface area contributed by atoms with E-state index >= 15 is 0 Å². The second-order valence-electron chi connectivity index (χ2n) is 7.89. The van der Waals surface area contributed by atoms with Crippen molar-refractivity contribution in [1.82, 2.24) is 0 Å². The lowest BCUT2D eigenvalue weighted by molar-refractivity contribution is -0.0810. The fourth-order valence-corrected chi connectivity index (χ4v) is 3.08. The lowest BCUT2D eigenvalue weighted by Gasteiger charge is -2.27. The molecule has 0 fully saturated rings. The van der Waals surface area contributed by atoms with Gasteiger partial charge in [0, 0.05) is 25.2 Å². The third kappa shape index (κ3) is 6.33. The third-order valence-corrected chi connectivity index (χ3v) is 4.61. The summed E-state index contributed by atoms with van der Waals surface area (Å²) in [5.74, 6) is 3.25. The molecule has 6 heteroatoms. The minimum absolute atomic E-state index is 0.660. The molecule has 168 valence electrons. The second kappa shape index (κ2) is 9.44. The lowest BCUT2D eigenvalue weighted by atomic mass is 10.3. The van der Waals surface area contributed by atoms with Crippen LogP contribution >= 0.6 is 0 Å². The molecule has 4 aromatic carbocycles. The molecule has 6 nitrogen and oxygen atoms in total. The van der Waals surface area contributed by atoms with Crippen molar-refractivity contribution >= 4 is 11.4 Å². The number of anilines is 2. The van der Waals surface area contributed by atoms with Crippen LogP contribution in [0.25, 0.3) is 0 Å². The van der Waals surface area contributed by atoms with Crippen molar-refractivity contribution < 1.29 is 18.9 Å². The molecule has 33 heavy (non-hydrogen) atoms. The number of benzene rings is 4. The molecule has 0 heterocycles. The minimum atomic E-state index is -0.890. The van der Waals surface area contributed by atoms with Gasteiger partial charge < -0.3 is 30.4 Å². The first kappa shape index (κ1) is 21.9. The standard InChI is InChI=1S/C27H26N2O4/c1-27(2,32-25-15-11-23(12-16-25)30-21-7-3-19(28)4-8-21)33-26-17-13-24(14-18-26)31-22-9-5-20(29)6-10-22/h3-18H,28-29H2,1-2H3. The quantitative estimate of drug-likeness (QED) is 0.235. The Morgan fingerprint density at radius 2 is 0.667 bits per heavy atom. The lowest BCUT2D eigenvalue weighted by Crippen LogP contribution is -2.35. The first-order chi connectivity index (χ1) is 15.8. The van der Waals surface area contributed by atoms with Crippen LogP contribution in [0.3, 0.4) is 0 Å². The van der Waals surface area contributed by atoms with Crippen molar-refractivity contribution in [1.29, 1.82) is 0 Å². The van der Waals surface area contributed by atoms with Crippen LogP contribution in [0, 0.1) is 0 Å². The summed E-state index contributed by atoms with van der Waals surface area (Å²) < 4.78 is 23.7. The van der Waals surface area contributed by atoms with Crippen LogP contribution in [-0.2, 0) is 0 Å². The van der Waals surface area contributed by atoms with Gasteiger partial charge in [0.25, 0.3) is 0 Å². The summed E-state index contributed by atoms with van der Waals surface area (Å²) in [5.41, 5.74) is 12.8. The van der Waals surface area contributed by atoms with Crippen LogP contribution in [-0.4, -0.2) is 5.79 Å². The maximum absolute atomic E-state index is 6.03. The molecule has 0 aromatic heterocycles. The first-order valence-electron chi connectivity index (χ1n) is 10.5. The van der Waals surface area contributed by atoms with E-state index < -0.39 is 5.79 Å². The number of hydrogen-bond acceptors (Lipinski definition) is 6. The van der Waals surface area contributed by atoms with Crippen LogP contribution in [0.4, 0.5) is 11.4 Å². The molecular weight excluding hydrogens is 416 g/mol. The number of hydrogen-bond donors (Lipinski definition) is 2. The summed E-state index contributed by atoms with van der Waals surface area (Å²) in [6, 6.07) is 29.2. The van der Waals surface area contributed by atoms with Crippen molar-refractivity contribution in [3.05, 3.63) is 97.1 Å². The van der Waals surface area contributed by atoms with Crippen LogP contribution < -0.4 is 30.4 Å². The van der Waals surface area contributed by atoms with Crippen molar-refractivity contribution in [3.8, 4) is 34.5 Å². The Morgan fingerprint density at radius 1 is 0.424 bits per heavy atom. The van der Waals surface area contributed by atoms with Crippen molar-refractivity contribution in [2.45, 2.75) is 19.6 Å². The highest BCUT2D eigenvalue weighted by Gasteiger charge is 2.22. The SMILES string of the molecule is CC(C)(Oc1ccc(Oc2ccc(N)cc2)cc1)Oc1ccc(Oc2ccc(N)cc2)cc1. The van der Waals surface area contributed by atoms with Gasteiger partial charge in [-0.2, -0.15) is 0 Å². The molecule has 0 aliphatic carbocycles.